The van der Waals surface area contributed by atoms with E-state index < -0.39 is 11.9 Å². The SMILES string of the molecule is CC(C)Cc1ccc(C(=O)C2CCN(C(=O)C3CCCC(C(=O)O)C3)CC2)cc1. The van der Waals surface area contributed by atoms with Gasteiger partial charge in [-0.2, -0.15) is 0 Å². The van der Waals surface area contributed by atoms with Crippen LogP contribution >= 0.6 is 0 Å². The van der Waals surface area contributed by atoms with Crippen LogP contribution in [0.3, 0.4) is 0 Å². The molecule has 0 bridgehead atoms. The van der Waals surface area contributed by atoms with Crippen LogP contribution in [0.5, 0.6) is 0 Å². The Labute approximate surface area is 173 Å². The molecule has 3 rings (SSSR count). The first kappa shape index (κ1) is 21.5. The van der Waals surface area contributed by atoms with E-state index in [1.165, 1.54) is 5.56 Å². The summed E-state index contributed by atoms with van der Waals surface area (Å²) in [6, 6.07) is 7.97. The quantitative estimate of drug-likeness (QED) is 0.728. The Morgan fingerprint density at radius 1 is 0.966 bits per heavy atom. The molecule has 2 aliphatic rings. The highest BCUT2D eigenvalue weighted by Gasteiger charge is 2.35. The molecule has 0 spiro atoms. The monoisotopic (exact) mass is 399 g/mol. The third-order valence-corrected chi connectivity index (χ3v) is 6.43. The van der Waals surface area contributed by atoms with Gasteiger partial charge in [0.05, 0.1) is 5.92 Å². The maximum absolute atomic E-state index is 12.9. The Morgan fingerprint density at radius 2 is 1.59 bits per heavy atom. The zero-order valence-corrected chi connectivity index (χ0v) is 17.6. The van der Waals surface area contributed by atoms with Gasteiger partial charge in [0, 0.05) is 30.5 Å². The lowest BCUT2D eigenvalue weighted by Crippen LogP contribution is -2.44. The van der Waals surface area contributed by atoms with Crippen molar-refractivity contribution in [1.82, 2.24) is 4.90 Å². The van der Waals surface area contributed by atoms with Gasteiger partial charge >= 0.3 is 5.97 Å². The van der Waals surface area contributed by atoms with Gasteiger partial charge in [-0.3, -0.25) is 14.4 Å². The number of aliphatic carboxylic acids is 1. The molecule has 158 valence electrons. The van der Waals surface area contributed by atoms with Crippen molar-refractivity contribution in [2.24, 2.45) is 23.7 Å². The van der Waals surface area contributed by atoms with Crippen molar-refractivity contribution in [3.8, 4) is 0 Å². The molecule has 29 heavy (non-hydrogen) atoms. The minimum Gasteiger partial charge on any atom is -0.481 e. The van der Waals surface area contributed by atoms with Crippen LogP contribution in [-0.4, -0.2) is 40.8 Å². The lowest BCUT2D eigenvalue weighted by Gasteiger charge is -2.35. The van der Waals surface area contributed by atoms with E-state index in [0.29, 0.717) is 44.7 Å². The molecule has 1 heterocycles. The van der Waals surface area contributed by atoms with Gasteiger partial charge in [0.2, 0.25) is 5.91 Å². The van der Waals surface area contributed by atoms with Crippen LogP contribution < -0.4 is 0 Å². The van der Waals surface area contributed by atoms with Crippen molar-refractivity contribution in [3.05, 3.63) is 35.4 Å². The maximum Gasteiger partial charge on any atom is 0.306 e. The maximum atomic E-state index is 12.9. The van der Waals surface area contributed by atoms with Gasteiger partial charge in [-0.1, -0.05) is 44.5 Å². The summed E-state index contributed by atoms with van der Waals surface area (Å²) in [6.07, 6.45) is 5.10. The number of Topliss-reactive ketones (excluding diaryl/α,β-unsaturated/α-hetero) is 1. The van der Waals surface area contributed by atoms with Crippen LogP contribution in [0.4, 0.5) is 0 Å². The topological polar surface area (TPSA) is 74.7 Å². The van der Waals surface area contributed by atoms with E-state index in [1.54, 1.807) is 0 Å². The fourth-order valence-electron chi connectivity index (χ4n) is 4.77. The number of ketones is 1. The molecule has 5 nitrogen and oxygen atoms in total. The first-order chi connectivity index (χ1) is 13.8. The predicted molar refractivity (Wildman–Crippen MR) is 112 cm³/mol. The third kappa shape index (κ3) is 5.46. The van der Waals surface area contributed by atoms with Gasteiger partial charge in [-0.25, -0.2) is 0 Å². The van der Waals surface area contributed by atoms with Crippen LogP contribution in [0.1, 0.15) is 68.3 Å². The van der Waals surface area contributed by atoms with E-state index in [0.717, 1.165) is 24.8 Å². The molecule has 1 amide bonds. The molecule has 2 fully saturated rings. The van der Waals surface area contributed by atoms with E-state index in [2.05, 4.69) is 13.8 Å². The summed E-state index contributed by atoms with van der Waals surface area (Å²) in [5.41, 5.74) is 2.02. The second kappa shape index (κ2) is 9.55. The summed E-state index contributed by atoms with van der Waals surface area (Å²) in [5.74, 6) is -0.537. The Kier molecular flexibility index (Phi) is 7.09. The number of nitrogens with zero attached hydrogens (tertiary/aromatic N) is 1. The molecule has 1 aromatic rings. The van der Waals surface area contributed by atoms with E-state index >= 15 is 0 Å². The average Bonchev–Trinajstić information content (AvgIpc) is 2.73. The molecule has 1 N–H and O–H groups in total. The van der Waals surface area contributed by atoms with Crippen molar-refractivity contribution in [3.63, 3.8) is 0 Å². The predicted octanol–water partition coefficient (Wildman–Crippen LogP) is 4.20. The Bertz CT molecular complexity index is 732. The first-order valence-corrected chi connectivity index (χ1v) is 11.0. The molecular weight excluding hydrogens is 366 g/mol. The van der Waals surface area contributed by atoms with Crippen LogP contribution in [-0.2, 0) is 16.0 Å². The van der Waals surface area contributed by atoms with Gasteiger partial charge in [-0.05, 0) is 50.0 Å². The smallest absolute Gasteiger partial charge is 0.306 e. The second-order valence-electron chi connectivity index (χ2n) is 9.16. The fourth-order valence-corrected chi connectivity index (χ4v) is 4.77. The molecule has 1 saturated carbocycles. The van der Waals surface area contributed by atoms with Gasteiger partial charge in [0.25, 0.3) is 0 Å². The Morgan fingerprint density at radius 3 is 2.17 bits per heavy atom. The molecule has 1 aliphatic carbocycles. The summed E-state index contributed by atoms with van der Waals surface area (Å²) in [7, 11) is 0. The summed E-state index contributed by atoms with van der Waals surface area (Å²) in [4.78, 5) is 38.8. The van der Waals surface area contributed by atoms with Crippen molar-refractivity contribution >= 4 is 17.7 Å². The van der Waals surface area contributed by atoms with Crippen LogP contribution in [0.25, 0.3) is 0 Å². The first-order valence-electron chi connectivity index (χ1n) is 11.0. The molecule has 2 atom stereocenters. The third-order valence-electron chi connectivity index (χ3n) is 6.43. The van der Waals surface area contributed by atoms with Crippen molar-refractivity contribution < 1.29 is 19.5 Å². The number of carboxylic acids is 1. The zero-order valence-electron chi connectivity index (χ0n) is 17.6. The highest BCUT2D eigenvalue weighted by molar-refractivity contribution is 5.98. The minimum absolute atomic E-state index is 0.0341. The number of carbonyl (C=O) groups excluding carboxylic acids is 2. The van der Waals surface area contributed by atoms with E-state index in [-0.39, 0.29) is 23.5 Å². The molecule has 1 saturated heterocycles. The van der Waals surface area contributed by atoms with Gasteiger partial charge in [0.1, 0.15) is 0 Å². The Hall–Kier alpha value is -2.17. The molecule has 5 heteroatoms. The number of hydrogen-bond donors (Lipinski definition) is 1. The second-order valence-corrected chi connectivity index (χ2v) is 9.16. The van der Waals surface area contributed by atoms with Gasteiger partial charge in [-0.15, -0.1) is 0 Å². The summed E-state index contributed by atoms with van der Waals surface area (Å²) in [6.45, 7) is 5.55. The average molecular weight is 400 g/mol. The number of piperidine rings is 1. The highest BCUT2D eigenvalue weighted by atomic mass is 16.4. The minimum atomic E-state index is -0.786. The fraction of sp³-hybridized carbons (Fsp3) is 0.625. The largest absolute Gasteiger partial charge is 0.481 e. The van der Waals surface area contributed by atoms with E-state index in [9.17, 15) is 19.5 Å². The number of benzene rings is 1. The number of carbonyl (C=O) groups is 3. The normalized spacial score (nSPS) is 23.2. The van der Waals surface area contributed by atoms with Crippen LogP contribution in [0.2, 0.25) is 0 Å². The van der Waals surface area contributed by atoms with E-state index in [4.69, 9.17) is 0 Å². The number of hydrogen-bond acceptors (Lipinski definition) is 3. The van der Waals surface area contributed by atoms with Crippen molar-refractivity contribution in [1.29, 1.82) is 0 Å². The molecule has 0 aromatic heterocycles. The Balaban J connectivity index is 1.52. The highest BCUT2D eigenvalue weighted by Crippen LogP contribution is 2.32. The molecule has 2 unspecified atom stereocenters. The van der Waals surface area contributed by atoms with Crippen LogP contribution in [0.15, 0.2) is 24.3 Å². The molecular formula is C24H33NO4. The molecule has 1 aliphatic heterocycles. The molecule has 1 aromatic carbocycles. The summed E-state index contributed by atoms with van der Waals surface area (Å²) < 4.78 is 0. The zero-order chi connectivity index (χ0) is 21.0. The number of carboxylic acid groups (broad SMARTS) is 1. The van der Waals surface area contributed by atoms with Crippen LogP contribution in [0, 0.1) is 23.7 Å². The lowest BCUT2D eigenvalue weighted by molar-refractivity contribution is -0.145. The number of amides is 1. The summed E-state index contributed by atoms with van der Waals surface area (Å²) >= 11 is 0. The number of likely N-dealkylation sites (tertiary alicyclic amines) is 1. The van der Waals surface area contributed by atoms with Crippen molar-refractivity contribution in [2.75, 3.05) is 13.1 Å². The van der Waals surface area contributed by atoms with Gasteiger partial charge in [0.15, 0.2) is 5.78 Å². The molecule has 0 radical (unpaired) electrons. The van der Waals surface area contributed by atoms with Gasteiger partial charge < -0.3 is 10.0 Å². The van der Waals surface area contributed by atoms with Crippen molar-refractivity contribution in [2.45, 2.75) is 58.8 Å². The number of rotatable bonds is 6. The standard InChI is InChI=1S/C24H33NO4/c1-16(2)14-17-6-8-18(9-7-17)22(26)19-10-12-25(13-11-19)23(27)20-4-3-5-21(15-20)24(28)29/h6-9,16,19-21H,3-5,10-15H2,1-2H3,(H,28,29). The lowest BCUT2D eigenvalue weighted by atomic mass is 9.80. The summed E-state index contributed by atoms with van der Waals surface area (Å²) in [5, 5.41) is 9.25. The van der Waals surface area contributed by atoms with E-state index in [1.807, 2.05) is 29.2 Å².